The van der Waals surface area contributed by atoms with Gasteiger partial charge in [-0.2, -0.15) is 4.31 Å². The van der Waals surface area contributed by atoms with Crippen molar-refractivity contribution in [3.8, 4) is 0 Å². The maximum Gasteiger partial charge on any atom is 0.246 e. The highest BCUT2D eigenvalue weighted by Gasteiger charge is 2.29. The number of hydrogen-bond acceptors (Lipinski definition) is 4. The first-order valence-corrected chi connectivity index (χ1v) is 17.8. The normalized spacial score (nSPS) is 15.9. The molecule has 0 bridgehead atoms. The van der Waals surface area contributed by atoms with Gasteiger partial charge in [0.2, 0.25) is 21.8 Å². The van der Waals surface area contributed by atoms with Gasteiger partial charge in [-0.25, -0.2) is 8.42 Å². The summed E-state index contributed by atoms with van der Waals surface area (Å²) in [6.45, 7) is 38.4. The zero-order chi connectivity index (χ0) is 33.5. The van der Waals surface area contributed by atoms with Gasteiger partial charge in [-0.15, -0.1) is 0 Å². The number of carbonyl (C=O) groups excluding carboxylic acids is 2. The van der Waals surface area contributed by atoms with Crippen LogP contribution in [-0.4, -0.2) is 77.8 Å². The van der Waals surface area contributed by atoms with E-state index in [0.29, 0.717) is 30.3 Å². The molecule has 2 fully saturated rings. The molecule has 3 rings (SSSR count). The van der Waals surface area contributed by atoms with Crippen LogP contribution < -0.4 is 0 Å². The van der Waals surface area contributed by atoms with Crippen LogP contribution in [-0.2, 0) is 19.6 Å². The van der Waals surface area contributed by atoms with Crippen molar-refractivity contribution < 1.29 is 18.0 Å². The SMILES string of the molecule is CC.CC.CC.CC.CC.CC.CC(C)N1CC=CC1=O.CC(C)N1CCCC1=O.CC(C)N1CCCS1(=O)=O. The first-order chi connectivity index (χ1) is 19.0. The van der Waals surface area contributed by atoms with Gasteiger partial charge < -0.3 is 9.80 Å². The highest BCUT2D eigenvalue weighted by atomic mass is 32.2. The average Bonchev–Trinajstić information content (AvgIpc) is 3.71. The molecule has 0 aliphatic carbocycles. The van der Waals surface area contributed by atoms with Crippen LogP contribution in [0.25, 0.3) is 0 Å². The Balaban J connectivity index is -0.0000000911. The van der Waals surface area contributed by atoms with Crippen molar-refractivity contribution >= 4 is 21.8 Å². The Morgan fingerprint density at radius 2 is 1.05 bits per heavy atom. The fraction of sp³-hybridized carbons (Fsp3) is 0.875. The summed E-state index contributed by atoms with van der Waals surface area (Å²) in [6.07, 6.45) is 6.12. The van der Waals surface area contributed by atoms with Crippen molar-refractivity contribution in [2.75, 3.05) is 25.4 Å². The topological polar surface area (TPSA) is 78.0 Å². The van der Waals surface area contributed by atoms with E-state index >= 15 is 0 Å². The summed E-state index contributed by atoms with van der Waals surface area (Å²) < 4.78 is 23.8. The number of rotatable bonds is 3. The van der Waals surface area contributed by atoms with Crippen molar-refractivity contribution in [1.29, 1.82) is 0 Å². The third-order valence-electron chi connectivity index (χ3n) is 4.92. The number of amides is 2. The minimum absolute atomic E-state index is 0.132. The second-order valence-electron chi connectivity index (χ2n) is 8.15. The van der Waals surface area contributed by atoms with Gasteiger partial charge in [0.15, 0.2) is 0 Å². The quantitative estimate of drug-likeness (QED) is 0.328. The summed E-state index contributed by atoms with van der Waals surface area (Å²) in [4.78, 5) is 25.5. The van der Waals surface area contributed by atoms with E-state index in [1.54, 1.807) is 10.4 Å². The molecule has 3 aliphatic rings. The number of hydrogen-bond donors (Lipinski definition) is 0. The summed E-state index contributed by atoms with van der Waals surface area (Å²) >= 11 is 0. The van der Waals surface area contributed by atoms with Crippen LogP contribution in [0.15, 0.2) is 12.2 Å². The largest absolute Gasteiger partial charge is 0.340 e. The third-order valence-corrected chi connectivity index (χ3v) is 7.04. The molecular formula is C32H73N3O4S. The van der Waals surface area contributed by atoms with Crippen molar-refractivity contribution in [3.63, 3.8) is 0 Å². The lowest BCUT2D eigenvalue weighted by Gasteiger charge is -2.19. The zero-order valence-corrected chi connectivity index (χ0v) is 31.0. The molecule has 8 heteroatoms. The van der Waals surface area contributed by atoms with E-state index in [9.17, 15) is 18.0 Å². The van der Waals surface area contributed by atoms with E-state index in [-0.39, 0.29) is 11.9 Å². The van der Waals surface area contributed by atoms with E-state index in [4.69, 9.17) is 0 Å². The maximum atomic E-state index is 11.1. The number of sulfonamides is 1. The van der Waals surface area contributed by atoms with Crippen molar-refractivity contribution in [1.82, 2.24) is 14.1 Å². The molecule has 3 aliphatic heterocycles. The molecule has 0 unspecified atom stereocenters. The average molecular weight is 596 g/mol. The molecule has 40 heavy (non-hydrogen) atoms. The van der Waals surface area contributed by atoms with Gasteiger partial charge in [0.05, 0.1) is 5.75 Å². The van der Waals surface area contributed by atoms with E-state index in [1.807, 2.05) is 127 Å². The van der Waals surface area contributed by atoms with Gasteiger partial charge in [-0.1, -0.05) is 89.2 Å². The molecule has 246 valence electrons. The lowest BCUT2D eigenvalue weighted by Crippen LogP contribution is -2.32. The van der Waals surface area contributed by atoms with E-state index in [1.165, 1.54) is 0 Å². The summed E-state index contributed by atoms with van der Waals surface area (Å²) in [5.41, 5.74) is 0. The summed E-state index contributed by atoms with van der Waals surface area (Å²) in [7, 11) is -2.85. The molecule has 0 radical (unpaired) electrons. The van der Waals surface area contributed by atoms with Crippen LogP contribution in [0, 0.1) is 0 Å². The fourth-order valence-corrected chi connectivity index (χ4v) is 5.15. The highest BCUT2D eigenvalue weighted by Crippen LogP contribution is 2.16. The van der Waals surface area contributed by atoms with Crippen molar-refractivity contribution in [3.05, 3.63) is 12.2 Å². The minimum atomic E-state index is -2.85. The van der Waals surface area contributed by atoms with Gasteiger partial charge in [0.1, 0.15) is 0 Å². The van der Waals surface area contributed by atoms with Crippen LogP contribution in [0.5, 0.6) is 0 Å². The summed E-state index contributed by atoms with van der Waals surface area (Å²) in [6, 6.07) is 0.875. The number of carbonyl (C=O) groups is 2. The Hall–Kier alpha value is -1.41. The molecule has 7 nitrogen and oxygen atoms in total. The lowest BCUT2D eigenvalue weighted by atomic mass is 10.3. The standard InChI is InChI=1S/C7H13NO.C7H11NO.C6H13NO2S.6C2H6/c2*1-6(2)8-5-3-4-7(8)9;1-6(2)7-4-3-5-10(7,8)9;6*1-2/h6H,3-5H2,1-2H3;3-4,6H,5H2,1-2H3;6H,3-5H2,1-2H3;6*1-2H3. The van der Waals surface area contributed by atoms with Crippen LogP contribution in [0.2, 0.25) is 0 Å². The van der Waals surface area contributed by atoms with Crippen LogP contribution >= 0.6 is 0 Å². The molecule has 0 N–H and O–H groups in total. The molecule has 0 aromatic rings. The molecule has 2 amide bonds. The predicted octanol–water partition coefficient (Wildman–Crippen LogP) is 8.40. The lowest BCUT2D eigenvalue weighted by molar-refractivity contribution is -0.129. The molecule has 3 heterocycles. The minimum Gasteiger partial charge on any atom is -0.340 e. The van der Waals surface area contributed by atoms with Crippen molar-refractivity contribution in [2.24, 2.45) is 0 Å². The first kappa shape index (κ1) is 51.3. The first-order valence-electron chi connectivity index (χ1n) is 16.2. The van der Waals surface area contributed by atoms with Crippen LogP contribution in [0.1, 0.15) is 144 Å². The van der Waals surface area contributed by atoms with E-state index < -0.39 is 10.0 Å². The molecule has 0 atom stereocenters. The Morgan fingerprint density at radius 3 is 1.20 bits per heavy atom. The van der Waals surface area contributed by atoms with Crippen LogP contribution in [0.3, 0.4) is 0 Å². The zero-order valence-electron chi connectivity index (χ0n) is 30.2. The Labute approximate surface area is 253 Å². The van der Waals surface area contributed by atoms with E-state index in [0.717, 1.165) is 32.4 Å². The Kier molecular flexibility index (Phi) is 45.7. The molecule has 2 saturated heterocycles. The maximum absolute atomic E-state index is 11.1. The van der Waals surface area contributed by atoms with Crippen molar-refractivity contribution in [2.45, 2.75) is 162 Å². The predicted molar refractivity (Wildman–Crippen MR) is 180 cm³/mol. The van der Waals surface area contributed by atoms with Gasteiger partial charge in [-0.05, 0) is 54.4 Å². The third kappa shape index (κ3) is 24.4. The molecule has 0 aromatic heterocycles. The second-order valence-corrected chi connectivity index (χ2v) is 10.2. The number of likely N-dealkylation sites (tertiary alicyclic amines) is 1. The Morgan fingerprint density at radius 1 is 0.625 bits per heavy atom. The number of nitrogens with zero attached hydrogens (tertiary/aromatic N) is 3. The smallest absolute Gasteiger partial charge is 0.246 e. The summed E-state index contributed by atoms with van der Waals surface area (Å²) in [5, 5.41) is 0. The Bertz CT molecular complexity index is 655. The summed E-state index contributed by atoms with van der Waals surface area (Å²) in [5.74, 6) is 0.806. The van der Waals surface area contributed by atoms with Gasteiger partial charge >= 0.3 is 0 Å². The van der Waals surface area contributed by atoms with Crippen LogP contribution in [0.4, 0.5) is 0 Å². The molecule has 0 spiro atoms. The van der Waals surface area contributed by atoms with Gasteiger partial charge in [-0.3, -0.25) is 9.59 Å². The second kappa shape index (κ2) is 35.6. The van der Waals surface area contributed by atoms with E-state index in [2.05, 4.69) is 13.8 Å². The van der Waals surface area contributed by atoms with Gasteiger partial charge in [0.25, 0.3) is 0 Å². The molecule has 0 aromatic carbocycles. The fourth-order valence-electron chi connectivity index (χ4n) is 3.37. The highest BCUT2D eigenvalue weighted by molar-refractivity contribution is 7.89. The van der Waals surface area contributed by atoms with Gasteiger partial charge in [0, 0.05) is 50.3 Å². The monoisotopic (exact) mass is 596 g/mol. The molecular weight excluding hydrogens is 522 g/mol. The molecule has 0 saturated carbocycles.